The summed E-state index contributed by atoms with van der Waals surface area (Å²) in [6, 6.07) is 11.6. The molecule has 0 saturated carbocycles. The SMILES string of the molecule is COc1ncc(C(c2ccccc2)C(C)(C)C(=O)Nc2nncs2)cc1Cl. The van der Waals surface area contributed by atoms with Crippen molar-refractivity contribution in [3.8, 4) is 5.88 Å². The fourth-order valence-electron chi connectivity index (χ4n) is 3.04. The molecule has 1 aromatic carbocycles. The lowest BCUT2D eigenvalue weighted by Gasteiger charge is -2.33. The molecule has 1 unspecified atom stereocenters. The molecule has 1 atom stereocenters. The Kier molecular flexibility index (Phi) is 5.72. The van der Waals surface area contributed by atoms with Crippen LogP contribution >= 0.6 is 22.9 Å². The van der Waals surface area contributed by atoms with E-state index in [1.165, 1.54) is 18.4 Å². The summed E-state index contributed by atoms with van der Waals surface area (Å²) in [4.78, 5) is 17.4. The number of anilines is 1. The lowest BCUT2D eigenvalue weighted by atomic mass is 9.71. The number of benzene rings is 1. The largest absolute Gasteiger partial charge is 0.480 e. The number of rotatable bonds is 6. The summed E-state index contributed by atoms with van der Waals surface area (Å²) >= 11 is 7.58. The van der Waals surface area contributed by atoms with Gasteiger partial charge in [-0.2, -0.15) is 0 Å². The van der Waals surface area contributed by atoms with Crippen molar-refractivity contribution in [3.63, 3.8) is 0 Å². The number of methoxy groups -OCH3 is 1. The molecule has 0 bridgehead atoms. The summed E-state index contributed by atoms with van der Waals surface area (Å²) in [5, 5.41) is 11.4. The van der Waals surface area contributed by atoms with Gasteiger partial charge in [0.2, 0.25) is 16.9 Å². The highest BCUT2D eigenvalue weighted by Crippen LogP contribution is 2.43. The molecule has 2 aromatic heterocycles. The molecule has 140 valence electrons. The van der Waals surface area contributed by atoms with Gasteiger partial charge < -0.3 is 10.1 Å². The molecule has 1 N–H and O–H groups in total. The number of ether oxygens (including phenoxy) is 1. The van der Waals surface area contributed by atoms with E-state index in [1.54, 1.807) is 17.8 Å². The number of nitrogens with one attached hydrogen (secondary N) is 1. The number of nitrogens with zero attached hydrogens (tertiary/aromatic N) is 3. The van der Waals surface area contributed by atoms with Gasteiger partial charge >= 0.3 is 0 Å². The van der Waals surface area contributed by atoms with Crippen molar-refractivity contribution in [2.45, 2.75) is 19.8 Å². The number of pyridine rings is 1. The van der Waals surface area contributed by atoms with Gasteiger partial charge in [-0.05, 0) is 17.2 Å². The molecule has 0 spiro atoms. The first-order valence-corrected chi connectivity index (χ1v) is 9.51. The van der Waals surface area contributed by atoms with E-state index in [1.807, 2.05) is 44.2 Å². The average molecular weight is 403 g/mol. The van der Waals surface area contributed by atoms with E-state index in [9.17, 15) is 4.79 Å². The number of aromatic nitrogens is 3. The Morgan fingerprint density at radius 3 is 2.59 bits per heavy atom. The smallest absolute Gasteiger partial charge is 0.232 e. The van der Waals surface area contributed by atoms with E-state index in [0.717, 1.165) is 11.1 Å². The maximum Gasteiger partial charge on any atom is 0.232 e. The van der Waals surface area contributed by atoms with Crippen LogP contribution in [0.1, 0.15) is 30.9 Å². The molecule has 2 heterocycles. The van der Waals surface area contributed by atoms with Crippen LogP contribution in [0.5, 0.6) is 5.88 Å². The van der Waals surface area contributed by atoms with Crippen LogP contribution in [0.3, 0.4) is 0 Å². The van der Waals surface area contributed by atoms with E-state index in [4.69, 9.17) is 16.3 Å². The molecular formula is C19H19ClN4O2S. The Labute approximate surface area is 166 Å². The van der Waals surface area contributed by atoms with E-state index in [2.05, 4.69) is 20.5 Å². The fraction of sp³-hybridized carbons (Fsp3) is 0.263. The van der Waals surface area contributed by atoms with E-state index in [-0.39, 0.29) is 11.8 Å². The second-order valence-electron chi connectivity index (χ2n) is 6.52. The highest BCUT2D eigenvalue weighted by molar-refractivity contribution is 7.13. The van der Waals surface area contributed by atoms with Crippen molar-refractivity contribution in [1.82, 2.24) is 15.2 Å². The minimum Gasteiger partial charge on any atom is -0.480 e. The van der Waals surface area contributed by atoms with Gasteiger partial charge in [-0.3, -0.25) is 4.79 Å². The monoisotopic (exact) mass is 402 g/mol. The predicted octanol–water partition coefficient (Wildman–Crippen LogP) is 4.39. The number of hydrogen-bond acceptors (Lipinski definition) is 6. The van der Waals surface area contributed by atoms with Crippen molar-refractivity contribution in [3.05, 3.63) is 64.3 Å². The van der Waals surface area contributed by atoms with Gasteiger partial charge in [0.15, 0.2) is 0 Å². The molecule has 3 rings (SSSR count). The first kappa shape index (κ1) is 19.3. The summed E-state index contributed by atoms with van der Waals surface area (Å²) in [6.45, 7) is 3.78. The van der Waals surface area contributed by atoms with Crippen molar-refractivity contribution in [2.75, 3.05) is 12.4 Å². The van der Waals surface area contributed by atoms with Gasteiger partial charge in [-0.15, -0.1) is 10.2 Å². The molecule has 8 heteroatoms. The van der Waals surface area contributed by atoms with Gasteiger partial charge in [-0.25, -0.2) is 4.98 Å². The Morgan fingerprint density at radius 1 is 1.26 bits per heavy atom. The van der Waals surface area contributed by atoms with Crippen LogP contribution in [0.15, 0.2) is 48.1 Å². The predicted molar refractivity (Wildman–Crippen MR) is 106 cm³/mol. The molecule has 0 aliphatic carbocycles. The lowest BCUT2D eigenvalue weighted by molar-refractivity contribution is -0.124. The molecule has 6 nitrogen and oxygen atoms in total. The molecule has 1 amide bonds. The second-order valence-corrected chi connectivity index (χ2v) is 7.76. The van der Waals surface area contributed by atoms with Crippen molar-refractivity contribution in [2.24, 2.45) is 5.41 Å². The maximum absolute atomic E-state index is 13.1. The van der Waals surface area contributed by atoms with Crippen LogP contribution in [-0.2, 0) is 4.79 Å². The van der Waals surface area contributed by atoms with Gasteiger partial charge in [0, 0.05) is 12.1 Å². The zero-order valence-corrected chi connectivity index (χ0v) is 16.7. The topological polar surface area (TPSA) is 77.0 Å². The number of carbonyl (C=O) groups is 1. The number of carbonyl (C=O) groups excluding carboxylic acids is 1. The number of amides is 1. The average Bonchev–Trinajstić information content (AvgIpc) is 3.16. The minimum absolute atomic E-state index is 0.167. The van der Waals surface area contributed by atoms with Gasteiger partial charge in [-0.1, -0.05) is 67.1 Å². The van der Waals surface area contributed by atoms with Crippen LogP contribution in [-0.4, -0.2) is 28.2 Å². The van der Waals surface area contributed by atoms with Gasteiger partial charge in [0.05, 0.1) is 12.5 Å². The van der Waals surface area contributed by atoms with E-state index >= 15 is 0 Å². The summed E-state index contributed by atoms with van der Waals surface area (Å²) in [6.07, 6.45) is 1.70. The second kappa shape index (κ2) is 8.02. The Bertz CT molecular complexity index is 917. The number of hydrogen-bond donors (Lipinski definition) is 1. The highest BCUT2D eigenvalue weighted by atomic mass is 35.5. The van der Waals surface area contributed by atoms with Gasteiger partial charge in [0.25, 0.3) is 0 Å². The first-order valence-electron chi connectivity index (χ1n) is 8.25. The molecular weight excluding hydrogens is 384 g/mol. The third-order valence-corrected chi connectivity index (χ3v) is 5.25. The standard InChI is InChI=1S/C19H19ClN4O2S/c1-19(2,17(25)23-18-24-22-11-27-18)15(12-7-5-4-6-8-12)13-9-14(20)16(26-3)21-10-13/h4-11,15H,1-3H3,(H,23,24,25). The molecule has 0 saturated heterocycles. The molecule has 27 heavy (non-hydrogen) atoms. The van der Waals surface area contributed by atoms with Gasteiger partial charge in [0.1, 0.15) is 10.5 Å². The number of halogens is 1. The molecule has 0 aliphatic rings. The van der Waals surface area contributed by atoms with E-state index in [0.29, 0.717) is 16.0 Å². The summed E-state index contributed by atoms with van der Waals surface area (Å²) in [5.41, 5.74) is 2.57. The minimum atomic E-state index is -0.813. The first-order chi connectivity index (χ1) is 12.9. The maximum atomic E-state index is 13.1. The Morgan fingerprint density at radius 2 is 2.00 bits per heavy atom. The van der Waals surface area contributed by atoms with Crippen LogP contribution in [0.4, 0.5) is 5.13 Å². The summed E-state index contributed by atoms with van der Waals surface area (Å²) < 4.78 is 5.15. The molecule has 0 aliphatic heterocycles. The third-order valence-electron chi connectivity index (χ3n) is 4.38. The molecule has 0 radical (unpaired) electrons. The zero-order valence-electron chi connectivity index (χ0n) is 15.1. The summed E-state index contributed by atoms with van der Waals surface area (Å²) in [5.74, 6) is -0.0917. The lowest BCUT2D eigenvalue weighted by Crippen LogP contribution is -2.37. The van der Waals surface area contributed by atoms with Crippen molar-refractivity contribution < 1.29 is 9.53 Å². The normalized spacial score (nSPS) is 12.4. The Hall–Kier alpha value is -2.51. The highest BCUT2D eigenvalue weighted by Gasteiger charge is 2.39. The summed E-state index contributed by atoms with van der Waals surface area (Å²) in [7, 11) is 1.52. The molecule has 0 fully saturated rings. The van der Waals surface area contributed by atoms with E-state index < -0.39 is 5.41 Å². The third kappa shape index (κ3) is 4.09. The van der Waals surface area contributed by atoms with Crippen LogP contribution in [0, 0.1) is 5.41 Å². The van der Waals surface area contributed by atoms with Crippen LogP contribution < -0.4 is 10.1 Å². The fourth-order valence-corrected chi connectivity index (χ4v) is 3.73. The molecule has 3 aromatic rings. The van der Waals surface area contributed by atoms with Crippen molar-refractivity contribution >= 4 is 34.0 Å². The van der Waals surface area contributed by atoms with Crippen molar-refractivity contribution in [1.29, 1.82) is 0 Å². The van der Waals surface area contributed by atoms with Crippen LogP contribution in [0.2, 0.25) is 5.02 Å². The van der Waals surface area contributed by atoms with Crippen LogP contribution in [0.25, 0.3) is 0 Å². The zero-order chi connectivity index (χ0) is 19.4. The Balaban J connectivity index is 2.04. The quantitative estimate of drug-likeness (QED) is 0.661.